The van der Waals surface area contributed by atoms with Crippen molar-refractivity contribution in [1.82, 2.24) is 15.0 Å². The van der Waals surface area contributed by atoms with Gasteiger partial charge in [0.15, 0.2) is 0 Å². The van der Waals surface area contributed by atoms with Crippen LogP contribution in [0.1, 0.15) is 37.7 Å². The van der Waals surface area contributed by atoms with Crippen molar-refractivity contribution >= 4 is 42.8 Å². The van der Waals surface area contributed by atoms with Gasteiger partial charge in [0.25, 0.3) is 0 Å². The fourth-order valence-electron chi connectivity index (χ4n) is 4.58. The molecule has 0 unspecified atom stereocenters. The van der Waals surface area contributed by atoms with Crippen LogP contribution in [-0.2, 0) is 21.2 Å². The van der Waals surface area contributed by atoms with Crippen LogP contribution in [0.3, 0.4) is 0 Å². The average Bonchev–Trinajstić information content (AvgIpc) is 3.26. The van der Waals surface area contributed by atoms with E-state index in [-0.39, 0.29) is 11.3 Å². The number of carboxylic acid groups (broad SMARTS) is 1. The van der Waals surface area contributed by atoms with E-state index in [9.17, 15) is 18.3 Å². The van der Waals surface area contributed by atoms with E-state index in [1.165, 1.54) is 31.4 Å². The van der Waals surface area contributed by atoms with E-state index in [1.54, 1.807) is 18.3 Å². The number of rotatable bonds is 12. The maximum atomic E-state index is 12.8. The lowest BCUT2D eigenvalue weighted by molar-refractivity contribution is -0.138. The van der Waals surface area contributed by atoms with Gasteiger partial charge in [0.1, 0.15) is 11.8 Å². The van der Waals surface area contributed by atoms with Crippen molar-refractivity contribution in [3.8, 4) is 5.75 Å². The van der Waals surface area contributed by atoms with Crippen molar-refractivity contribution in [2.24, 2.45) is 5.92 Å². The number of fused-ring (bicyclic) bond motifs is 1. The number of aliphatic carboxylic acids is 1. The molecule has 0 amide bonds. The van der Waals surface area contributed by atoms with Gasteiger partial charge in [0.2, 0.25) is 10.0 Å². The van der Waals surface area contributed by atoms with Gasteiger partial charge in [-0.15, -0.1) is 0 Å². The van der Waals surface area contributed by atoms with Crippen LogP contribution < -0.4 is 14.8 Å². The largest absolute Gasteiger partial charge is 0.494 e. The SMILES string of the molecule is O=C(O)[C@H](Cc1c[nH]c2ccc(OCCCCC3CCNCC3)cc12)NS(=O)(=O)c1ccc(Br)cc1. The van der Waals surface area contributed by atoms with Crippen LogP contribution in [-0.4, -0.2) is 50.2 Å². The van der Waals surface area contributed by atoms with Gasteiger partial charge in [0.05, 0.1) is 11.5 Å². The van der Waals surface area contributed by atoms with Crippen LogP contribution in [0.15, 0.2) is 58.0 Å². The smallest absolute Gasteiger partial charge is 0.322 e. The molecule has 0 aliphatic carbocycles. The molecular weight excluding hydrogens is 546 g/mol. The van der Waals surface area contributed by atoms with E-state index in [4.69, 9.17) is 4.74 Å². The maximum Gasteiger partial charge on any atom is 0.322 e. The predicted octanol–water partition coefficient (Wildman–Crippen LogP) is 4.45. The molecule has 1 saturated heterocycles. The van der Waals surface area contributed by atoms with Crippen LogP contribution in [0.25, 0.3) is 10.9 Å². The highest BCUT2D eigenvalue weighted by molar-refractivity contribution is 9.10. The summed E-state index contributed by atoms with van der Waals surface area (Å²) in [5.74, 6) is 0.284. The van der Waals surface area contributed by atoms with Gasteiger partial charge in [-0.25, -0.2) is 8.42 Å². The molecule has 1 aliphatic heterocycles. The average molecular weight is 579 g/mol. The summed E-state index contributed by atoms with van der Waals surface area (Å²) in [6.45, 7) is 2.87. The lowest BCUT2D eigenvalue weighted by Crippen LogP contribution is -2.42. The zero-order chi connectivity index (χ0) is 25.5. The molecule has 2 heterocycles. The van der Waals surface area contributed by atoms with Crippen molar-refractivity contribution in [3.05, 3.63) is 58.7 Å². The normalized spacial score (nSPS) is 15.7. The first kappa shape index (κ1) is 26.7. The topological polar surface area (TPSA) is 121 Å². The Kier molecular flexibility index (Phi) is 9.05. The fourth-order valence-corrected chi connectivity index (χ4v) is 6.03. The van der Waals surface area contributed by atoms with Crippen LogP contribution in [0, 0.1) is 5.92 Å². The van der Waals surface area contributed by atoms with E-state index < -0.39 is 22.0 Å². The fraction of sp³-hybridized carbons (Fsp3) is 0.423. The van der Waals surface area contributed by atoms with E-state index in [0.29, 0.717) is 17.9 Å². The second kappa shape index (κ2) is 12.2. The molecule has 4 rings (SSSR count). The van der Waals surface area contributed by atoms with Crippen LogP contribution in [0.4, 0.5) is 0 Å². The van der Waals surface area contributed by atoms with Crippen molar-refractivity contribution in [2.75, 3.05) is 19.7 Å². The predicted molar refractivity (Wildman–Crippen MR) is 143 cm³/mol. The minimum Gasteiger partial charge on any atom is -0.494 e. The number of ether oxygens (including phenoxy) is 1. The number of sulfonamides is 1. The Hall–Kier alpha value is -2.40. The third-order valence-electron chi connectivity index (χ3n) is 6.62. The molecule has 0 saturated carbocycles. The number of halogens is 1. The van der Waals surface area contributed by atoms with Gasteiger partial charge >= 0.3 is 5.97 Å². The summed E-state index contributed by atoms with van der Waals surface area (Å²) in [5, 5.41) is 14.0. The Labute approximate surface area is 220 Å². The summed E-state index contributed by atoms with van der Waals surface area (Å²) >= 11 is 3.27. The molecule has 194 valence electrons. The number of aromatic nitrogens is 1. The van der Waals surface area contributed by atoms with Gasteiger partial charge in [-0.05, 0) is 92.7 Å². The monoisotopic (exact) mass is 577 g/mol. The van der Waals surface area contributed by atoms with Crippen molar-refractivity contribution < 1.29 is 23.1 Å². The van der Waals surface area contributed by atoms with Crippen molar-refractivity contribution in [1.29, 1.82) is 0 Å². The second-order valence-electron chi connectivity index (χ2n) is 9.23. The minimum absolute atomic E-state index is 0.00622. The van der Waals surface area contributed by atoms with Crippen LogP contribution >= 0.6 is 15.9 Å². The first-order valence-electron chi connectivity index (χ1n) is 12.3. The number of carbonyl (C=O) groups is 1. The lowest BCUT2D eigenvalue weighted by Gasteiger charge is -2.22. The quantitative estimate of drug-likeness (QED) is 0.236. The summed E-state index contributed by atoms with van der Waals surface area (Å²) in [5.41, 5.74) is 1.54. The first-order chi connectivity index (χ1) is 17.3. The van der Waals surface area contributed by atoms with E-state index in [2.05, 4.69) is 31.0 Å². The van der Waals surface area contributed by atoms with Gasteiger partial charge in [-0.1, -0.05) is 22.4 Å². The van der Waals surface area contributed by atoms with E-state index >= 15 is 0 Å². The Morgan fingerprint density at radius 1 is 1.14 bits per heavy atom. The van der Waals surface area contributed by atoms with Crippen molar-refractivity contribution in [3.63, 3.8) is 0 Å². The standard InChI is InChI=1S/C26H32BrN3O5S/c27-20-4-7-22(8-5-20)36(33,34)30-25(26(31)32)15-19-17-29-24-9-6-21(16-23(19)24)35-14-2-1-3-18-10-12-28-13-11-18/h4-9,16-18,25,28-30H,1-3,10-15H2,(H,31,32)/t25-/m0/s1. The number of carboxylic acids is 1. The number of nitrogens with one attached hydrogen (secondary N) is 3. The van der Waals surface area contributed by atoms with Crippen molar-refractivity contribution in [2.45, 2.75) is 49.5 Å². The molecule has 1 atom stereocenters. The molecule has 2 aromatic carbocycles. The third-order valence-corrected chi connectivity index (χ3v) is 8.63. The Morgan fingerprint density at radius 2 is 1.89 bits per heavy atom. The summed E-state index contributed by atoms with van der Waals surface area (Å²) in [6.07, 6.45) is 7.58. The molecule has 0 bridgehead atoms. The number of unbranched alkanes of at least 4 members (excludes halogenated alkanes) is 1. The van der Waals surface area contributed by atoms with Crippen LogP contribution in [0.5, 0.6) is 5.75 Å². The molecule has 8 nitrogen and oxygen atoms in total. The first-order valence-corrected chi connectivity index (χ1v) is 14.5. The van der Waals surface area contributed by atoms with E-state index in [0.717, 1.165) is 47.2 Å². The highest BCUT2D eigenvalue weighted by atomic mass is 79.9. The molecule has 1 fully saturated rings. The number of hydrogen-bond donors (Lipinski definition) is 4. The molecule has 10 heteroatoms. The minimum atomic E-state index is -4.00. The number of benzene rings is 2. The highest BCUT2D eigenvalue weighted by Crippen LogP contribution is 2.26. The number of piperidine rings is 1. The molecule has 36 heavy (non-hydrogen) atoms. The summed E-state index contributed by atoms with van der Waals surface area (Å²) < 4.78 is 34.5. The van der Waals surface area contributed by atoms with Gasteiger partial charge in [-0.3, -0.25) is 4.79 Å². The van der Waals surface area contributed by atoms with Gasteiger partial charge in [0, 0.05) is 28.0 Å². The Bertz CT molecular complexity index is 1270. The molecule has 0 spiro atoms. The van der Waals surface area contributed by atoms with Gasteiger partial charge < -0.3 is 20.1 Å². The van der Waals surface area contributed by atoms with Gasteiger partial charge in [-0.2, -0.15) is 4.72 Å². The lowest BCUT2D eigenvalue weighted by atomic mass is 9.93. The Balaban J connectivity index is 1.38. The van der Waals surface area contributed by atoms with E-state index in [1.807, 2.05) is 18.2 Å². The number of aromatic amines is 1. The third kappa shape index (κ3) is 7.09. The number of H-pyrrole nitrogens is 1. The highest BCUT2D eigenvalue weighted by Gasteiger charge is 2.26. The molecule has 0 radical (unpaired) electrons. The second-order valence-corrected chi connectivity index (χ2v) is 11.9. The molecule has 3 aromatic rings. The zero-order valence-electron chi connectivity index (χ0n) is 20.0. The molecular formula is C26H32BrN3O5S. The number of hydrogen-bond acceptors (Lipinski definition) is 5. The Morgan fingerprint density at radius 3 is 2.61 bits per heavy atom. The zero-order valence-corrected chi connectivity index (χ0v) is 22.4. The molecule has 4 N–H and O–H groups in total. The molecule has 1 aliphatic rings. The maximum absolute atomic E-state index is 12.8. The molecule has 1 aromatic heterocycles. The summed E-state index contributed by atoms with van der Waals surface area (Å²) in [4.78, 5) is 15.1. The summed E-state index contributed by atoms with van der Waals surface area (Å²) in [6, 6.07) is 10.4. The summed E-state index contributed by atoms with van der Waals surface area (Å²) in [7, 11) is -4.00. The van der Waals surface area contributed by atoms with Crippen LogP contribution in [0.2, 0.25) is 0 Å².